The molecule has 1 heterocycles. The van der Waals surface area contributed by atoms with Crippen LogP contribution >= 0.6 is 0 Å². The van der Waals surface area contributed by atoms with Gasteiger partial charge in [-0.15, -0.1) is 0 Å². The average Bonchev–Trinajstić information content (AvgIpc) is 2.50. The Hall–Kier alpha value is -0.370. The van der Waals surface area contributed by atoms with Gasteiger partial charge in [0.05, 0.1) is 0 Å². The highest BCUT2D eigenvalue weighted by Gasteiger charge is 2.12. The minimum Gasteiger partial charge on any atom is -0.316 e. The van der Waals surface area contributed by atoms with E-state index in [0.29, 0.717) is 6.42 Å². The molecule has 1 N–H and O–H groups in total. The van der Waals surface area contributed by atoms with Crippen molar-refractivity contribution in [2.24, 2.45) is 5.92 Å². The summed E-state index contributed by atoms with van der Waals surface area (Å²) < 4.78 is 0. The predicted octanol–water partition coefficient (Wildman–Crippen LogP) is 1.27. The molecule has 2 nitrogen and oxygen atoms in total. The lowest BCUT2D eigenvalue weighted by Gasteiger charge is -2.05. The van der Waals surface area contributed by atoms with Crippen molar-refractivity contribution in [3.63, 3.8) is 0 Å². The third-order valence-electron chi connectivity index (χ3n) is 2.30. The highest BCUT2D eigenvalue weighted by atomic mass is 16.1. The second kappa shape index (κ2) is 5.30. The van der Waals surface area contributed by atoms with Crippen molar-refractivity contribution >= 4 is 6.29 Å². The Balaban J connectivity index is 1.89. The summed E-state index contributed by atoms with van der Waals surface area (Å²) in [5, 5.41) is 3.34. The van der Waals surface area contributed by atoms with E-state index in [1.807, 2.05) is 6.29 Å². The van der Waals surface area contributed by atoms with Crippen molar-refractivity contribution in [2.75, 3.05) is 13.1 Å². The summed E-state index contributed by atoms with van der Waals surface area (Å²) in [6.07, 6.45) is 7.39. The van der Waals surface area contributed by atoms with E-state index in [1.165, 1.54) is 32.4 Å². The Morgan fingerprint density at radius 1 is 1.45 bits per heavy atom. The van der Waals surface area contributed by atoms with Gasteiger partial charge in [-0.05, 0) is 38.3 Å². The van der Waals surface area contributed by atoms with Gasteiger partial charge in [-0.2, -0.15) is 0 Å². The van der Waals surface area contributed by atoms with Gasteiger partial charge in [0.15, 0.2) is 6.29 Å². The number of hydrogen-bond acceptors (Lipinski definition) is 2. The van der Waals surface area contributed by atoms with E-state index in [-0.39, 0.29) is 0 Å². The zero-order chi connectivity index (χ0) is 7.94. The van der Waals surface area contributed by atoms with Gasteiger partial charge in [0.25, 0.3) is 0 Å². The maximum Gasteiger partial charge on any atom is 0.198 e. The van der Waals surface area contributed by atoms with E-state index in [0.717, 1.165) is 12.3 Å². The highest BCUT2D eigenvalue weighted by molar-refractivity contribution is 5.50. The maximum absolute atomic E-state index is 9.86. The quantitative estimate of drug-likeness (QED) is 0.604. The van der Waals surface area contributed by atoms with Gasteiger partial charge >= 0.3 is 0 Å². The molecule has 1 aliphatic rings. The topological polar surface area (TPSA) is 29.1 Å². The number of rotatable bonds is 5. The zero-order valence-corrected chi connectivity index (χ0v) is 6.94. The van der Waals surface area contributed by atoms with Gasteiger partial charge in [0.2, 0.25) is 0 Å². The molecule has 1 unspecified atom stereocenters. The Morgan fingerprint density at radius 2 is 2.36 bits per heavy atom. The van der Waals surface area contributed by atoms with Crippen molar-refractivity contribution in [1.29, 1.82) is 0 Å². The summed E-state index contributed by atoms with van der Waals surface area (Å²) >= 11 is 0. The Kier molecular flexibility index (Phi) is 4.21. The minimum absolute atomic E-state index is 0.625. The smallest absolute Gasteiger partial charge is 0.198 e. The first-order valence-electron chi connectivity index (χ1n) is 4.49. The molecule has 0 aromatic heterocycles. The van der Waals surface area contributed by atoms with E-state index < -0.39 is 0 Å². The molecule has 1 fully saturated rings. The fraction of sp³-hybridized carbons (Fsp3) is 0.889. The molecule has 1 aliphatic heterocycles. The van der Waals surface area contributed by atoms with E-state index in [4.69, 9.17) is 0 Å². The average molecular weight is 154 g/mol. The molecule has 0 bridgehead atoms. The fourth-order valence-corrected chi connectivity index (χ4v) is 1.59. The van der Waals surface area contributed by atoms with E-state index >= 15 is 0 Å². The molecule has 1 saturated heterocycles. The largest absolute Gasteiger partial charge is 0.316 e. The standard InChI is InChI=1S/C9H16NO/c11-7-3-1-2-4-9-5-6-10-8-9/h9-10H,1-6,8H2. The second-order valence-corrected chi connectivity index (χ2v) is 3.25. The monoisotopic (exact) mass is 154 g/mol. The number of hydrogen-bond donors (Lipinski definition) is 1. The van der Waals surface area contributed by atoms with Crippen LogP contribution in [0.3, 0.4) is 0 Å². The van der Waals surface area contributed by atoms with Crippen LogP contribution in [0, 0.1) is 5.92 Å². The summed E-state index contributed by atoms with van der Waals surface area (Å²) in [4.78, 5) is 9.86. The normalized spacial score (nSPS) is 23.8. The summed E-state index contributed by atoms with van der Waals surface area (Å²) in [6.45, 7) is 2.37. The van der Waals surface area contributed by atoms with Gasteiger partial charge in [0, 0.05) is 6.42 Å². The SMILES string of the molecule is O=[C]CCCCC1CCNC1. The molecule has 0 aromatic carbocycles. The lowest BCUT2D eigenvalue weighted by atomic mass is 10.0. The molecule has 0 saturated carbocycles. The van der Waals surface area contributed by atoms with Gasteiger partial charge in [-0.3, -0.25) is 4.79 Å². The van der Waals surface area contributed by atoms with Gasteiger partial charge in [-0.1, -0.05) is 6.42 Å². The molecule has 0 amide bonds. The Bertz CT molecular complexity index is 108. The third-order valence-corrected chi connectivity index (χ3v) is 2.30. The number of unbranched alkanes of at least 4 members (excludes halogenated alkanes) is 2. The first-order valence-corrected chi connectivity index (χ1v) is 4.49. The van der Waals surface area contributed by atoms with Crippen LogP contribution in [0.25, 0.3) is 0 Å². The van der Waals surface area contributed by atoms with Gasteiger partial charge in [-0.25, -0.2) is 0 Å². The Morgan fingerprint density at radius 3 is 3.00 bits per heavy atom. The van der Waals surface area contributed by atoms with Crippen LogP contribution in [0.1, 0.15) is 32.1 Å². The minimum atomic E-state index is 0.625. The van der Waals surface area contributed by atoms with E-state index in [1.54, 1.807) is 0 Å². The molecular formula is C9H16NO. The molecule has 0 spiro atoms. The lowest BCUT2D eigenvalue weighted by molar-refractivity contribution is 0.494. The van der Waals surface area contributed by atoms with Gasteiger partial charge in [0.1, 0.15) is 0 Å². The molecular weight excluding hydrogens is 138 g/mol. The molecule has 0 aliphatic carbocycles. The van der Waals surface area contributed by atoms with Crippen LogP contribution in [0.2, 0.25) is 0 Å². The Labute approximate surface area is 68.4 Å². The van der Waals surface area contributed by atoms with Crippen molar-refractivity contribution < 1.29 is 4.79 Å². The molecule has 1 radical (unpaired) electrons. The number of carbonyl (C=O) groups excluding carboxylic acids is 1. The van der Waals surface area contributed by atoms with Crippen LogP contribution in [0.15, 0.2) is 0 Å². The first kappa shape index (κ1) is 8.72. The third kappa shape index (κ3) is 3.51. The van der Waals surface area contributed by atoms with Gasteiger partial charge < -0.3 is 5.32 Å². The van der Waals surface area contributed by atoms with Crippen molar-refractivity contribution in [1.82, 2.24) is 5.32 Å². The highest BCUT2D eigenvalue weighted by Crippen LogP contribution is 2.15. The second-order valence-electron chi connectivity index (χ2n) is 3.25. The summed E-state index contributed by atoms with van der Waals surface area (Å²) in [5.41, 5.74) is 0. The summed E-state index contributed by atoms with van der Waals surface area (Å²) in [7, 11) is 0. The summed E-state index contributed by atoms with van der Waals surface area (Å²) in [6, 6.07) is 0. The summed E-state index contributed by atoms with van der Waals surface area (Å²) in [5.74, 6) is 0.877. The molecule has 1 rings (SSSR count). The first-order chi connectivity index (χ1) is 5.43. The van der Waals surface area contributed by atoms with Crippen LogP contribution in [-0.4, -0.2) is 19.4 Å². The van der Waals surface area contributed by atoms with E-state index in [2.05, 4.69) is 5.32 Å². The molecule has 11 heavy (non-hydrogen) atoms. The predicted molar refractivity (Wildman–Crippen MR) is 45.1 cm³/mol. The van der Waals surface area contributed by atoms with Crippen LogP contribution < -0.4 is 5.32 Å². The molecule has 63 valence electrons. The van der Waals surface area contributed by atoms with Crippen molar-refractivity contribution in [3.8, 4) is 0 Å². The van der Waals surface area contributed by atoms with Crippen molar-refractivity contribution in [3.05, 3.63) is 0 Å². The lowest BCUT2D eigenvalue weighted by Crippen LogP contribution is -2.08. The zero-order valence-electron chi connectivity index (χ0n) is 6.94. The van der Waals surface area contributed by atoms with Crippen molar-refractivity contribution in [2.45, 2.75) is 32.1 Å². The van der Waals surface area contributed by atoms with Crippen LogP contribution in [-0.2, 0) is 4.79 Å². The fourth-order valence-electron chi connectivity index (χ4n) is 1.59. The van der Waals surface area contributed by atoms with Crippen LogP contribution in [0.5, 0.6) is 0 Å². The van der Waals surface area contributed by atoms with Crippen LogP contribution in [0.4, 0.5) is 0 Å². The molecule has 1 atom stereocenters. The maximum atomic E-state index is 9.86. The number of nitrogens with one attached hydrogen (secondary N) is 1. The van der Waals surface area contributed by atoms with E-state index in [9.17, 15) is 4.79 Å². The molecule has 0 aromatic rings. The molecule has 2 heteroatoms.